The molecule has 5 heteroatoms. The number of benzene rings is 2. The monoisotopic (exact) mass is 366 g/mol. The number of carbonyl (C=O) groups excluding carboxylic acids is 1. The standard InChI is InChI=1S/C22H26N2O3/c1-22(2,17-8-9-19-20(16-17)27-15-14-26-19)21(25)24-12-10-23(11-13-24)18-6-4-3-5-7-18/h3-9,16H,10-15H2,1-2H3. The summed E-state index contributed by atoms with van der Waals surface area (Å²) in [4.78, 5) is 17.6. The predicted molar refractivity (Wildman–Crippen MR) is 106 cm³/mol. The molecule has 0 spiro atoms. The van der Waals surface area contributed by atoms with Crippen LogP contribution in [-0.4, -0.2) is 50.2 Å². The van der Waals surface area contributed by atoms with Gasteiger partial charge in [0.25, 0.3) is 0 Å². The number of anilines is 1. The van der Waals surface area contributed by atoms with E-state index in [0.717, 1.165) is 43.2 Å². The molecule has 0 saturated carbocycles. The maximum Gasteiger partial charge on any atom is 0.232 e. The molecule has 2 heterocycles. The summed E-state index contributed by atoms with van der Waals surface area (Å²) < 4.78 is 11.3. The van der Waals surface area contributed by atoms with E-state index in [0.29, 0.717) is 13.2 Å². The summed E-state index contributed by atoms with van der Waals surface area (Å²) in [5.74, 6) is 1.64. The van der Waals surface area contributed by atoms with Gasteiger partial charge in [-0.1, -0.05) is 24.3 Å². The number of piperazine rings is 1. The quantitative estimate of drug-likeness (QED) is 0.837. The highest BCUT2D eigenvalue weighted by Crippen LogP contribution is 2.36. The fourth-order valence-electron chi connectivity index (χ4n) is 3.76. The van der Waals surface area contributed by atoms with Gasteiger partial charge in [-0.05, 0) is 43.7 Å². The lowest BCUT2D eigenvalue weighted by Crippen LogP contribution is -2.53. The number of carbonyl (C=O) groups is 1. The van der Waals surface area contributed by atoms with Crippen molar-refractivity contribution in [3.63, 3.8) is 0 Å². The highest BCUT2D eigenvalue weighted by atomic mass is 16.6. The van der Waals surface area contributed by atoms with Crippen LogP contribution in [0.1, 0.15) is 19.4 Å². The van der Waals surface area contributed by atoms with Crippen LogP contribution in [0.25, 0.3) is 0 Å². The first kappa shape index (κ1) is 17.7. The smallest absolute Gasteiger partial charge is 0.232 e. The Bertz CT molecular complexity index is 812. The molecule has 4 rings (SSSR count). The molecule has 0 bridgehead atoms. The highest BCUT2D eigenvalue weighted by Gasteiger charge is 2.36. The molecule has 1 fully saturated rings. The lowest BCUT2D eigenvalue weighted by atomic mass is 9.82. The molecule has 1 amide bonds. The molecule has 0 radical (unpaired) electrons. The van der Waals surface area contributed by atoms with Gasteiger partial charge >= 0.3 is 0 Å². The van der Waals surface area contributed by atoms with Gasteiger partial charge < -0.3 is 19.3 Å². The molecule has 0 N–H and O–H groups in total. The highest BCUT2D eigenvalue weighted by molar-refractivity contribution is 5.88. The van der Waals surface area contributed by atoms with Crippen LogP contribution in [0.3, 0.4) is 0 Å². The average Bonchev–Trinajstić information content (AvgIpc) is 2.73. The van der Waals surface area contributed by atoms with Crippen LogP contribution in [0.15, 0.2) is 48.5 Å². The van der Waals surface area contributed by atoms with Crippen LogP contribution in [0.5, 0.6) is 11.5 Å². The van der Waals surface area contributed by atoms with E-state index in [2.05, 4.69) is 29.2 Å². The van der Waals surface area contributed by atoms with Crippen molar-refractivity contribution in [3.05, 3.63) is 54.1 Å². The Hall–Kier alpha value is -2.69. The van der Waals surface area contributed by atoms with Crippen LogP contribution in [0, 0.1) is 0 Å². The van der Waals surface area contributed by atoms with E-state index in [9.17, 15) is 4.79 Å². The van der Waals surface area contributed by atoms with Crippen molar-refractivity contribution in [2.45, 2.75) is 19.3 Å². The van der Waals surface area contributed by atoms with Gasteiger partial charge in [-0.2, -0.15) is 0 Å². The first-order valence-corrected chi connectivity index (χ1v) is 9.55. The van der Waals surface area contributed by atoms with E-state index in [-0.39, 0.29) is 5.91 Å². The number of ether oxygens (including phenoxy) is 2. The average molecular weight is 366 g/mol. The van der Waals surface area contributed by atoms with E-state index in [1.165, 1.54) is 5.69 Å². The van der Waals surface area contributed by atoms with Crippen molar-refractivity contribution in [2.75, 3.05) is 44.3 Å². The van der Waals surface area contributed by atoms with E-state index in [4.69, 9.17) is 9.47 Å². The second kappa shape index (κ2) is 7.14. The van der Waals surface area contributed by atoms with Crippen molar-refractivity contribution in [3.8, 4) is 11.5 Å². The molecule has 27 heavy (non-hydrogen) atoms. The molecule has 0 aromatic heterocycles. The fraction of sp³-hybridized carbons (Fsp3) is 0.409. The van der Waals surface area contributed by atoms with Gasteiger partial charge in [0, 0.05) is 31.9 Å². The van der Waals surface area contributed by atoms with Gasteiger partial charge in [0.2, 0.25) is 5.91 Å². The molecule has 0 atom stereocenters. The first-order chi connectivity index (χ1) is 13.1. The molecule has 5 nitrogen and oxygen atoms in total. The third-order valence-electron chi connectivity index (χ3n) is 5.49. The Morgan fingerprint density at radius 1 is 0.889 bits per heavy atom. The zero-order valence-electron chi connectivity index (χ0n) is 16.0. The largest absolute Gasteiger partial charge is 0.486 e. The minimum absolute atomic E-state index is 0.159. The minimum atomic E-state index is -0.606. The van der Waals surface area contributed by atoms with E-state index < -0.39 is 5.41 Å². The van der Waals surface area contributed by atoms with E-state index in [1.54, 1.807) is 0 Å². The Kier molecular flexibility index (Phi) is 4.68. The predicted octanol–water partition coefficient (Wildman–Crippen LogP) is 3.08. The van der Waals surface area contributed by atoms with Crippen molar-refractivity contribution in [1.29, 1.82) is 0 Å². The van der Waals surface area contributed by atoms with Crippen molar-refractivity contribution in [1.82, 2.24) is 4.90 Å². The Labute approximate surface area is 160 Å². The molecular formula is C22H26N2O3. The Morgan fingerprint density at radius 2 is 1.56 bits per heavy atom. The third-order valence-corrected chi connectivity index (χ3v) is 5.49. The maximum atomic E-state index is 13.3. The lowest BCUT2D eigenvalue weighted by Gasteiger charge is -2.39. The number of amides is 1. The van der Waals surface area contributed by atoms with E-state index >= 15 is 0 Å². The summed E-state index contributed by atoms with van der Waals surface area (Å²) in [7, 11) is 0. The Balaban J connectivity index is 1.46. The molecule has 1 saturated heterocycles. The minimum Gasteiger partial charge on any atom is -0.486 e. The molecule has 0 unspecified atom stereocenters. The molecule has 2 aromatic carbocycles. The van der Waals surface area contributed by atoms with Crippen LogP contribution >= 0.6 is 0 Å². The summed E-state index contributed by atoms with van der Waals surface area (Å²) in [5.41, 5.74) is 1.57. The zero-order chi connectivity index (χ0) is 18.9. The van der Waals surface area contributed by atoms with Crippen molar-refractivity contribution in [2.24, 2.45) is 0 Å². The number of nitrogens with zero attached hydrogens (tertiary/aromatic N) is 2. The van der Waals surface area contributed by atoms with Gasteiger partial charge in [-0.15, -0.1) is 0 Å². The van der Waals surface area contributed by atoms with Crippen molar-refractivity contribution < 1.29 is 14.3 Å². The second-order valence-electron chi connectivity index (χ2n) is 7.60. The number of fused-ring (bicyclic) bond motifs is 1. The second-order valence-corrected chi connectivity index (χ2v) is 7.60. The van der Waals surface area contributed by atoms with Gasteiger partial charge in [-0.25, -0.2) is 0 Å². The summed E-state index contributed by atoms with van der Waals surface area (Å²) >= 11 is 0. The number of para-hydroxylation sites is 1. The molecule has 2 aliphatic heterocycles. The van der Waals surface area contributed by atoms with Gasteiger partial charge in [0.05, 0.1) is 5.41 Å². The number of hydrogen-bond acceptors (Lipinski definition) is 4. The fourth-order valence-corrected chi connectivity index (χ4v) is 3.76. The summed E-state index contributed by atoms with van der Waals surface area (Å²) in [5, 5.41) is 0. The molecule has 2 aliphatic rings. The summed E-state index contributed by atoms with van der Waals surface area (Å²) in [6, 6.07) is 16.2. The molecular weight excluding hydrogens is 340 g/mol. The maximum absolute atomic E-state index is 13.3. The molecule has 142 valence electrons. The van der Waals surface area contributed by atoms with E-state index in [1.807, 2.05) is 43.0 Å². The number of hydrogen-bond donors (Lipinski definition) is 0. The topological polar surface area (TPSA) is 42.0 Å². The third kappa shape index (κ3) is 3.46. The van der Waals surface area contributed by atoms with Crippen LogP contribution in [0.2, 0.25) is 0 Å². The van der Waals surface area contributed by atoms with Crippen LogP contribution in [-0.2, 0) is 10.2 Å². The summed E-state index contributed by atoms with van der Waals surface area (Å²) in [6.45, 7) is 8.28. The molecule has 2 aromatic rings. The van der Waals surface area contributed by atoms with Gasteiger partial charge in [0.1, 0.15) is 13.2 Å². The van der Waals surface area contributed by atoms with Crippen LogP contribution in [0.4, 0.5) is 5.69 Å². The lowest BCUT2D eigenvalue weighted by molar-refractivity contribution is -0.136. The number of rotatable bonds is 3. The first-order valence-electron chi connectivity index (χ1n) is 9.55. The molecule has 0 aliphatic carbocycles. The SMILES string of the molecule is CC(C)(C(=O)N1CCN(c2ccccc2)CC1)c1ccc2c(c1)OCCO2. The van der Waals surface area contributed by atoms with Gasteiger partial charge in [-0.3, -0.25) is 4.79 Å². The Morgan fingerprint density at radius 3 is 2.26 bits per heavy atom. The normalized spacial score (nSPS) is 17.0. The van der Waals surface area contributed by atoms with Crippen LogP contribution < -0.4 is 14.4 Å². The van der Waals surface area contributed by atoms with Gasteiger partial charge in [0.15, 0.2) is 11.5 Å². The zero-order valence-corrected chi connectivity index (χ0v) is 16.0. The summed E-state index contributed by atoms with van der Waals surface area (Å²) in [6.07, 6.45) is 0. The van der Waals surface area contributed by atoms with Crippen molar-refractivity contribution >= 4 is 11.6 Å².